The number of amides is 2. The number of rotatable bonds is 2. The number of carbonyl (C=O) groups excluding carboxylic acids is 2. The van der Waals surface area contributed by atoms with E-state index in [1.807, 2.05) is 0 Å². The Kier molecular flexibility index (Phi) is 4.01. The summed E-state index contributed by atoms with van der Waals surface area (Å²) >= 11 is 5.09. The van der Waals surface area contributed by atoms with Crippen LogP contribution in [0.25, 0.3) is 6.08 Å². The first-order valence-corrected chi connectivity index (χ1v) is 7.36. The summed E-state index contributed by atoms with van der Waals surface area (Å²) in [4.78, 5) is 26.0. The van der Waals surface area contributed by atoms with E-state index < -0.39 is 11.8 Å². The van der Waals surface area contributed by atoms with Crippen LogP contribution < -0.4 is 10.2 Å². The normalized spacial score (nSPS) is 16.4. The molecule has 120 valence electrons. The Labute approximate surface area is 142 Å². The molecule has 2 aromatic carbocycles. The Hall–Kier alpha value is -3.19. The average Bonchev–Trinajstić information content (AvgIpc) is 2.55. The van der Waals surface area contributed by atoms with Crippen LogP contribution in [0.4, 0.5) is 5.69 Å². The molecule has 7 heteroatoms. The molecule has 3 rings (SSSR count). The van der Waals surface area contributed by atoms with Crippen molar-refractivity contribution in [1.29, 1.82) is 0 Å². The fraction of sp³-hybridized carbons (Fsp3) is 0. The summed E-state index contributed by atoms with van der Waals surface area (Å²) in [5, 5.41) is 21.3. The van der Waals surface area contributed by atoms with Crippen molar-refractivity contribution in [3.05, 3.63) is 59.7 Å². The van der Waals surface area contributed by atoms with E-state index in [0.29, 0.717) is 11.3 Å². The molecule has 0 unspecified atom stereocenters. The van der Waals surface area contributed by atoms with Gasteiger partial charge in [0.15, 0.2) is 16.6 Å². The van der Waals surface area contributed by atoms with Gasteiger partial charge in [-0.1, -0.05) is 24.3 Å². The van der Waals surface area contributed by atoms with E-state index in [4.69, 9.17) is 12.2 Å². The number of para-hydroxylation sites is 1. The molecule has 6 nitrogen and oxygen atoms in total. The lowest BCUT2D eigenvalue weighted by Crippen LogP contribution is -2.54. The number of benzene rings is 2. The first-order chi connectivity index (χ1) is 11.5. The molecule has 3 N–H and O–H groups in total. The molecule has 1 aliphatic heterocycles. The molecule has 0 atom stereocenters. The van der Waals surface area contributed by atoms with Crippen molar-refractivity contribution in [3.63, 3.8) is 0 Å². The maximum Gasteiger partial charge on any atom is 0.270 e. The third-order valence-corrected chi connectivity index (χ3v) is 3.71. The Balaban J connectivity index is 2.02. The van der Waals surface area contributed by atoms with Crippen LogP contribution in [0.1, 0.15) is 5.56 Å². The summed E-state index contributed by atoms with van der Waals surface area (Å²) < 4.78 is 0. The maximum atomic E-state index is 12.7. The summed E-state index contributed by atoms with van der Waals surface area (Å²) in [5.74, 6) is -1.82. The van der Waals surface area contributed by atoms with Gasteiger partial charge in [-0.15, -0.1) is 0 Å². The number of hydrogen-bond donors (Lipinski definition) is 3. The molecule has 1 fully saturated rings. The van der Waals surface area contributed by atoms with Crippen molar-refractivity contribution in [2.24, 2.45) is 0 Å². The smallest absolute Gasteiger partial charge is 0.270 e. The van der Waals surface area contributed by atoms with Gasteiger partial charge in [0.2, 0.25) is 0 Å². The molecule has 1 saturated heterocycles. The second-order valence-corrected chi connectivity index (χ2v) is 5.43. The SMILES string of the molecule is O=C1NC(=S)N(c2ccccc2)C(=O)/C1=C/c1ccc(O)c(O)c1. The Morgan fingerprint density at radius 2 is 1.71 bits per heavy atom. The predicted octanol–water partition coefficient (Wildman–Crippen LogP) is 1.93. The van der Waals surface area contributed by atoms with Gasteiger partial charge in [0.05, 0.1) is 5.69 Å². The van der Waals surface area contributed by atoms with Gasteiger partial charge in [-0.2, -0.15) is 0 Å². The molecular formula is C17H12N2O4S. The summed E-state index contributed by atoms with van der Waals surface area (Å²) in [6, 6.07) is 12.7. The quantitative estimate of drug-likeness (QED) is 0.336. The van der Waals surface area contributed by atoms with Gasteiger partial charge < -0.3 is 10.2 Å². The van der Waals surface area contributed by atoms with Crippen LogP contribution >= 0.6 is 12.2 Å². The van der Waals surface area contributed by atoms with E-state index in [9.17, 15) is 19.8 Å². The van der Waals surface area contributed by atoms with Gasteiger partial charge >= 0.3 is 0 Å². The number of hydrogen-bond acceptors (Lipinski definition) is 5. The number of thiocarbonyl (C=S) groups is 1. The molecule has 1 heterocycles. The Morgan fingerprint density at radius 3 is 2.38 bits per heavy atom. The summed E-state index contributed by atoms with van der Waals surface area (Å²) in [6.45, 7) is 0. The van der Waals surface area contributed by atoms with Crippen molar-refractivity contribution in [3.8, 4) is 11.5 Å². The second kappa shape index (κ2) is 6.13. The molecule has 0 aromatic heterocycles. The van der Waals surface area contributed by atoms with Crippen molar-refractivity contribution in [2.45, 2.75) is 0 Å². The Bertz CT molecular complexity index is 877. The zero-order valence-corrected chi connectivity index (χ0v) is 13.1. The number of phenolic OH excluding ortho intramolecular Hbond substituents is 2. The highest BCUT2D eigenvalue weighted by Crippen LogP contribution is 2.27. The minimum atomic E-state index is -0.621. The van der Waals surface area contributed by atoms with E-state index in [2.05, 4.69) is 5.32 Å². The minimum Gasteiger partial charge on any atom is -0.504 e. The lowest BCUT2D eigenvalue weighted by Gasteiger charge is -2.28. The predicted molar refractivity (Wildman–Crippen MR) is 92.4 cm³/mol. The fourth-order valence-corrected chi connectivity index (χ4v) is 2.55. The molecule has 0 spiro atoms. The minimum absolute atomic E-state index is 0.00176. The Morgan fingerprint density at radius 1 is 1.00 bits per heavy atom. The van der Waals surface area contributed by atoms with Crippen molar-refractivity contribution in [2.75, 3.05) is 4.90 Å². The zero-order chi connectivity index (χ0) is 17.3. The highest BCUT2D eigenvalue weighted by Gasteiger charge is 2.34. The first-order valence-electron chi connectivity index (χ1n) is 6.96. The monoisotopic (exact) mass is 340 g/mol. The van der Waals surface area contributed by atoms with Gasteiger partial charge in [-0.05, 0) is 48.1 Å². The molecule has 1 aliphatic rings. The number of nitrogens with zero attached hydrogens (tertiary/aromatic N) is 1. The van der Waals surface area contributed by atoms with Crippen LogP contribution in [-0.4, -0.2) is 27.1 Å². The molecule has 0 saturated carbocycles. The maximum absolute atomic E-state index is 12.7. The third-order valence-electron chi connectivity index (χ3n) is 3.43. The molecule has 2 amide bonds. The van der Waals surface area contributed by atoms with Gasteiger partial charge in [0.25, 0.3) is 11.8 Å². The molecule has 0 aliphatic carbocycles. The van der Waals surface area contributed by atoms with Gasteiger partial charge in [0.1, 0.15) is 5.57 Å². The molecule has 0 bridgehead atoms. The van der Waals surface area contributed by atoms with Crippen molar-refractivity contribution < 1.29 is 19.8 Å². The molecular weight excluding hydrogens is 328 g/mol. The van der Waals surface area contributed by atoms with Crippen LogP contribution in [0, 0.1) is 0 Å². The lowest BCUT2D eigenvalue weighted by atomic mass is 10.1. The third kappa shape index (κ3) is 2.84. The molecule has 0 radical (unpaired) electrons. The van der Waals surface area contributed by atoms with E-state index >= 15 is 0 Å². The molecule has 2 aromatic rings. The lowest BCUT2D eigenvalue weighted by molar-refractivity contribution is -0.122. The number of carbonyl (C=O) groups is 2. The van der Waals surface area contributed by atoms with E-state index in [1.165, 1.54) is 29.2 Å². The summed E-state index contributed by atoms with van der Waals surface area (Å²) in [6.07, 6.45) is 1.33. The van der Waals surface area contributed by atoms with Gasteiger partial charge in [0, 0.05) is 0 Å². The first kappa shape index (κ1) is 15.7. The van der Waals surface area contributed by atoms with Crippen molar-refractivity contribution >= 4 is 40.9 Å². The average molecular weight is 340 g/mol. The number of nitrogens with one attached hydrogen (secondary N) is 1. The highest BCUT2D eigenvalue weighted by atomic mass is 32.1. The summed E-state index contributed by atoms with van der Waals surface area (Å²) in [7, 11) is 0. The van der Waals surface area contributed by atoms with E-state index in [1.54, 1.807) is 30.3 Å². The standard InChI is InChI=1S/C17H12N2O4S/c20-13-7-6-10(9-14(13)21)8-12-15(22)18-17(24)19(16(12)23)11-4-2-1-3-5-11/h1-9,20-21H,(H,18,22,24)/b12-8+. The van der Waals surface area contributed by atoms with Crippen molar-refractivity contribution in [1.82, 2.24) is 5.32 Å². The van der Waals surface area contributed by atoms with Gasteiger partial charge in [-0.3, -0.25) is 19.8 Å². The van der Waals surface area contributed by atoms with Gasteiger partial charge in [-0.25, -0.2) is 0 Å². The van der Waals surface area contributed by atoms with Crippen LogP contribution in [0.3, 0.4) is 0 Å². The topological polar surface area (TPSA) is 89.9 Å². The highest BCUT2D eigenvalue weighted by molar-refractivity contribution is 7.80. The van der Waals surface area contributed by atoms with E-state index in [0.717, 1.165) is 0 Å². The van der Waals surface area contributed by atoms with Crippen LogP contribution in [0.5, 0.6) is 11.5 Å². The molecule has 24 heavy (non-hydrogen) atoms. The van der Waals surface area contributed by atoms with Crippen LogP contribution in [-0.2, 0) is 9.59 Å². The number of anilines is 1. The zero-order valence-electron chi connectivity index (χ0n) is 12.3. The van der Waals surface area contributed by atoms with E-state index in [-0.39, 0.29) is 22.2 Å². The van der Waals surface area contributed by atoms with Crippen LogP contribution in [0.15, 0.2) is 54.1 Å². The fourth-order valence-electron chi connectivity index (χ4n) is 2.27. The number of phenols is 2. The largest absolute Gasteiger partial charge is 0.504 e. The summed E-state index contributed by atoms with van der Waals surface area (Å²) in [5.41, 5.74) is 0.800. The number of aromatic hydroxyl groups is 2. The van der Waals surface area contributed by atoms with Crippen LogP contribution in [0.2, 0.25) is 0 Å². The second-order valence-electron chi connectivity index (χ2n) is 5.04.